The SMILES string of the molecule is Cn1cc(-c2cc(Cl)nc(CCl)n2)cn1. The van der Waals surface area contributed by atoms with Gasteiger partial charge in [0.25, 0.3) is 0 Å². The topological polar surface area (TPSA) is 43.6 Å². The molecule has 0 saturated carbocycles. The van der Waals surface area contributed by atoms with Crippen LogP contribution in [-0.2, 0) is 12.9 Å². The Kier molecular flexibility index (Phi) is 2.88. The van der Waals surface area contributed by atoms with Crippen molar-refractivity contribution in [3.05, 3.63) is 29.4 Å². The zero-order chi connectivity index (χ0) is 10.8. The van der Waals surface area contributed by atoms with Crippen molar-refractivity contribution in [2.45, 2.75) is 5.88 Å². The van der Waals surface area contributed by atoms with E-state index in [9.17, 15) is 0 Å². The van der Waals surface area contributed by atoms with E-state index in [2.05, 4.69) is 15.1 Å². The van der Waals surface area contributed by atoms with Crippen LogP contribution in [0.1, 0.15) is 5.82 Å². The summed E-state index contributed by atoms with van der Waals surface area (Å²) in [5.74, 6) is 0.761. The van der Waals surface area contributed by atoms with Crippen LogP contribution in [0.3, 0.4) is 0 Å². The lowest BCUT2D eigenvalue weighted by Gasteiger charge is -2.00. The van der Waals surface area contributed by atoms with Crippen molar-refractivity contribution in [2.75, 3.05) is 0 Å². The van der Waals surface area contributed by atoms with Gasteiger partial charge in [-0.1, -0.05) is 11.6 Å². The van der Waals surface area contributed by atoms with Gasteiger partial charge in [-0.25, -0.2) is 9.97 Å². The van der Waals surface area contributed by atoms with Crippen LogP contribution in [0.4, 0.5) is 0 Å². The van der Waals surface area contributed by atoms with Crippen molar-refractivity contribution < 1.29 is 0 Å². The average molecular weight is 243 g/mol. The fraction of sp³-hybridized carbons (Fsp3) is 0.222. The molecule has 78 valence electrons. The molecule has 0 saturated heterocycles. The Balaban J connectivity index is 2.48. The van der Waals surface area contributed by atoms with Crippen LogP contribution < -0.4 is 0 Å². The normalized spacial score (nSPS) is 10.6. The zero-order valence-corrected chi connectivity index (χ0v) is 9.50. The molecular weight excluding hydrogens is 235 g/mol. The molecule has 0 spiro atoms. The van der Waals surface area contributed by atoms with Gasteiger partial charge in [0, 0.05) is 24.9 Å². The summed E-state index contributed by atoms with van der Waals surface area (Å²) in [5.41, 5.74) is 1.63. The minimum absolute atomic E-state index is 0.244. The number of hydrogen-bond acceptors (Lipinski definition) is 3. The highest BCUT2D eigenvalue weighted by molar-refractivity contribution is 6.29. The van der Waals surface area contributed by atoms with E-state index in [1.165, 1.54) is 0 Å². The van der Waals surface area contributed by atoms with Gasteiger partial charge in [0.1, 0.15) is 11.0 Å². The van der Waals surface area contributed by atoms with Crippen molar-refractivity contribution in [2.24, 2.45) is 7.05 Å². The van der Waals surface area contributed by atoms with Gasteiger partial charge in [-0.15, -0.1) is 11.6 Å². The maximum Gasteiger partial charge on any atom is 0.145 e. The molecule has 0 radical (unpaired) electrons. The number of aryl methyl sites for hydroxylation is 1. The van der Waals surface area contributed by atoms with Crippen LogP contribution in [0.2, 0.25) is 5.15 Å². The molecular formula is C9H8Cl2N4. The smallest absolute Gasteiger partial charge is 0.145 e. The van der Waals surface area contributed by atoms with E-state index in [1.807, 2.05) is 13.2 Å². The Morgan fingerprint density at radius 2 is 2.20 bits per heavy atom. The largest absolute Gasteiger partial charge is 0.275 e. The average Bonchev–Trinajstić information content (AvgIpc) is 2.64. The summed E-state index contributed by atoms with van der Waals surface area (Å²) in [6, 6.07) is 1.69. The second-order valence-electron chi connectivity index (χ2n) is 3.03. The summed E-state index contributed by atoms with van der Waals surface area (Å²) in [6.45, 7) is 0. The van der Waals surface area contributed by atoms with E-state index < -0.39 is 0 Å². The number of nitrogens with zero attached hydrogens (tertiary/aromatic N) is 4. The van der Waals surface area contributed by atoms with E-state index >= 15 is 0 Å². The molecule has 0 amide bonds. The molecule has 0 aliphatic heterocycles. The molecule has 0 aromatic carbocycles. The summed E-state index contributed by atoms with van der Waals surface area (Å²) in [5, 5.41) is 4.45. The van der Waals surface area contributed by atoms with Gasteiger partial charge in [-0.05, 0) is 0 Å². The molecule has 0 bridgehead atoms. The van der Waals surface area contributed by atoms with Gasteiger partial charge in [0.05, 0.1) is 17.8 Å². The van der Waals surface area contributed by atoms with E-state index in [0.29, 0.717) is 11.0 Å². The lowest BCUT2D eigenvalue weighted by atomic mass is 10.2. The number of alkyl halides is 1. The Labute approximate surface area is 96.9 Å². The zero-order valence-electron chi connectivity index (χ0n) is 7.98. The van der Waals surface area contributed by atoms with Crippen molar-refractivity contribution in [1.82, 2.24) is 19.7 Å². The Morgan fingerprint density at radius 1 is 1.40 bits per heavy atom. The van der Waals surface area contributed by atoms with Crippen molar-refractivity contribution in [3.63, 3.8) is 0 Å². The van der Waals surface area contributed by atoms with Crippen LogP contribution in [-0.4, -0.2) is 19.7 Å². The fourth-order valence-corrected chi connectivity index (χ4v) is 1.55. The molecule has 0 atom stereocenters. The number of hydrogen-bond donors (Lipinski definition) is 0. The van der Waals surface area contributed by atoms with Crippen molar-refractivity contribution >= 4 is 23.2 Å². The number of aromatic nitrogens is 4. The maximum atomic E-state index is 5.85. The molecule has 0 fully saturated rings. The molecule has 0 aliphatic rings. The van der Waals surface area contributed by atoms with Crippen LogP contribution >= 0.6 is 23.2 Å². The summed E-state index contributed by atoms with van der Waals surface area (Å²) < 4.78 is 1.70. The molecule has 2 aromatic heterocycles. The highest BCUT2D eigenvalue weighted by Crippen LogP contribution is 2.19. The molecule has 4 nitrogen and oxygen atoms in total. The minimum atomic E-state index is 0.244. The Bertz CT molecular complexity index is 481. The first-order valence-electron chi connectivity index (χ1n) is 4.27. The quantitative estimate of drug-likeness (QED) is 0.600. The molecule has 0 unspecified atom stereocenters. The second-order valence-corrected chi connectivity index (χ2v) is 3.68. The molecule has 0 aliphatic carbocycles. The van der Waals surface area contributed by atoms with Gasteiger partial charge in [-0.2, -0.15) is 5.10 Å². The monoisotopic (exact) mass is 242 g/mol. The first kappa shape index (κ1) is 10.4. The van der Waals surface area contributed by atoms with Crippen molar-refractivity contribution in [1.29, 1.82) is 0 Å². The standard InChI is InChI=1S/C9H8Cl2N4/c1-15-5-6(4-12-15)7-2-8(11)14-9(3-10)13-7/h2,4-5H,3H2,1H3. The van der Waals surface area contributed by atoms with Gasteiger partial charge >= 0.3 is 0 Å². The maximum absolute atomic E-state index is 5.85. The van der Waals surface area contributed by atoms with Gasteiger partial charge < -0.3 is 0 Å². The number of rotatable bonds is 2. The molecule has 6 heteroatoms. The molecule has 2 rings (SSSR count). The third kappa shape index (κ3) is 2.27. The summed E-state index contributed by atoms with van der Waals surface area (Å²) >= 11 is 11.5. The van der Waals surface area contributed by atoms with Crippen LogP contribution in [0.5, 0.6) is 0 Å². The van der Waals surface area contributed by atoms with E-state index in [-0.39, 0.29) is 5.88 Å². The molecule has 0 N–H and O–H groups in total. The van der Waals surface area contributed by atoms with Gasteiger partial charge in [-0.3, -0.25) is 4.68 Å². The van der Waals surface area contributed by atoms with E-state index in [0.717, 1.165) is 11.3 Å². The molecule has 15 heavy (non-hydrogen) atoms. The fourth-order valence-electron chi connectivity index (χ4n) is 1.23. The van der Waals surface area contributed by atoms with Crippen molar-refractivity contribution in [3.8, 4) is 11.3 Å². The lowest BCUT2D eigenvalue weighted by molar-refractivity contribution is 0.768. The van der Waals surface area contributed by atoms with E-state index in [1.54, 1.807) is 16.9 Å². The highest BCUT2D eigenvalue weighted by Gasteiger charge is 2.06. The van der Waals surface area contributed by atoms with Gasteiger partial charge in [0.15, 0.2) is 0 Å². The van der Waals surface area contributed by atoms with Gasteiger partial charge in [0.2, 0.25) is 0 Å². The third-order valence-corrected chi connectivity index (χ3v) is 2.29. The predicted octanol–water partition coefficient (Wildman–Crippen LogP) is 2.27. The third-order valence-electron chi connectivity index (χ3n) is 1.86. The second kappa shape index (κ2) is 4.16. The Hall–Kier alpha value is -1.13. The molecule has 2 aromatic rings. The van der Waals surface area contributed by atoms with Crippen LogP contribution in [0.15, 0.2) is 18.5 Å². The predicted molar refractivity (Wildman–Crippen MR) is 58.8 cm³/mol. The summed E-state index contributed by atoms with van der Waals surface area (Å²) in [7, 11) is 1.84. The number of halogens is 2. The molecule has 2 heterocycles. The summed E-state index contributed by atoms with van der Waals surface area (Å²) in [4.78, 5) is 8.23. The summed E-state index contributed by atoms with van der Waals surface area (Å²) in [6.07, 6.45) is 3.58. The van der Waals surface area contributed by atoms with E-state index in [4.69, 9.17) is 23.2 Å². The highest BCUT2D eigenvalue weighted by atomic mass is 35.5. The lowest BCUT2D eigenvalue weighted by Crippen LogP contribution is -1.94. The Morgan fingerprint density at radius 3 is 2.80 bits per heavy atom. The van der Waals surface area contributed by atoms with Crippen LogP contribution in [0, 0.1) is 0 Å². The minimum Gasteiger partial charge on any atom is -0.275 e. The first-order valence-corrected chi connectivity index (χ1v) is 5.19. The van der Waals surface area contributed by atoms with Crippen LogP contribution in [0.25, 0.3) is 11.3 Å². The first-order chi connectivity index (χ1) is 7.19.